The molecule has 5 nitrogen and oxygen atoms in total. The van der Waals surface area contributed by atoms with Gasteiger partial charge in [0.05, 0.1) is 0 Å². The van der Waals surface area contributed by atoms with Crippen molar-refractivity contribution in [1.82, 2.24) is 4.90 Å². The highest BCUT2D eigenvalue weighted by atomic mass is 32.2. The predicted octanol–water partition coefficient (Wildman–Crippen LogP) is 1.03. The lowest BCUT2D eigenvalue weighted by Gasteiger charge is -2.32. The highest BCUT2D eigenvalue weighted by molar-refractivity contribution is 7.99. The number of hydrogen-bond donors (Lipinski definition) is 2. The van der Waals surface area contributed by atoms with Crippen molar-refractivity contribution < 1.29 is 19.8 Å². The first-order valence-corrected chi connectivity index (χ1v) is 6.65. The molecule has 0 bridgehead atoms. The maximum Gasteiger partial charge on any atom is 0.327 e. The predicted molar refractivity (Wildman–Crippen MR) is 67.9 cm³/mol. The summed E-state index contributed by atoms with van der Waals surface area (Å²) >= 11 is 1.54. The van der Waals surface area contributed by atoms with Crippen LogP contribution in [0.2, 0.25) is 0 Å². The number of carboxylic acids is 1. The van der Waals surface area contributed by atoms with Gasteiger partial charge in [-0.05, 0) is 24.3 Å². The first kappa shape index (κ1) is 12.8. The number of carbonyl (C=O) groups excluding carboxylic acids is 1. The number of thioether (sulfide) groups is 1. The third-order valence-electron chi connectivity index (χ3n) is 2.79. The third-order valence-corrected chi connectivity index (χ3v) is 3.81. The molecular formula is C12H13NO4S. The lowest BCUT2D eigenvalue weighted by molar-refractivity contribution is -0.141. The van der Waals surface area contributed by atoms with E-state index in [0.29, 0.717) is 17.9 Å². The maximum atomic E-state index is 12.2. The van der Waals surface area contributed by atoms with E-state index in [4.69, 9.17) is 10.2 Å². The minimum atomic E-state index is -0.977. The molecule has 96 valence electrons. The van der Waals surface area contributed by atoms with Gasteiger partial charge >= 0.3 is 5.97 Å². The molecule has 1 amide bonds. The quantitative estimate of drug-likeness (QED) is 0.837. The van der Waals surface area contributed by atoms with Crippen LogP contribution in [-0.4, -0.2) is 51.1 Å². The Morgan fingerprint density at radius 2 is 1.94 bits per heavy atom. The Morgan fingerprint density at radius 1 is 1.28 bits per heavy atom. The summed E-state index contributed by atoms with van der Waals surface area (Å²) in [4.78, 5) is 24.7. The molecule has 1 aromatic carbocycles. The van der Waals surface area contributed by atoms with Crippen molar-refractivity contribution in [3.8, 4) is 5.75 Å². The number of nitrogens with zero attached hydrogens (tertiary/aromatic N) is 1. The number of aliphatic carboxylic acids is 1. The van der Waals surface area contributed by atoms with E-state index in [1.165, 1.54) is 40.9 Å². The minimum Gasteiger partial charge on any atom is -0.508 e. The minimum absolute atomic E-state index is 0.0792. The molecule has 0 aromatic heterocycles. The summed E-state index contributed by atoms with van der Waals surface area (Å²) in [6, 6.07) is 5.06. The summed E-state index contributed by atoms with van der Waals surface area (Å²) < 4.78 is 0. The number of phenolic OH excluding ortho intramolecular Hbond substituents is 1. The first-order valence-electron chi connectivity index (χ1n) is 5.50. The van der Waals surface area contributed by atoms with Gasteiger partial charge in [-0.25, -0.2) is 4.79 Å². The van der Waals surface area contributed by atoms with E-state index in [1.807, 2.05) is 0 Å². The van der Waals surface area contributed by atoms with E-state index < -0.39 is 12.0 Å². The Kier molecular flexibility index (Phi) is 3.76. The SMILES string of the molecule is O=C(O)C1CSCCN1C(=O)c1ccc(O)cc1. The summed E-state index contributed by atoms with van der Waals surface area (Å²) in [5.41, 5.74) is 0.394. The van der Waals surface area contributed by atoms with Crippen LogP contribution in [0.5, 0.6) is 5.75 Å². The number of hydrogen-bond acceptors (Lipinski definition) is 4. The number of rotatable bonds is 2. The highest BCUT2D eigenvalue weighted by Gasteiger charge is 2.32. The Bertz CT molecular complexity index is 460. The van der Waals surface area contributed by atoms with Crippen LogP contribution in [0, 0.1) is 0 Å². The molecule has 18 heavy (non-hydrogen) atoms. The van der Waals surface area contributed by atoms with Crippen LogP contribution in [0.15, 0.2) is 24.3 Å². The van der Waals surface area contributed by atoms with Gasteiger partial charge in [-0.15, -0.1) is 0 Å². The number of carbonyl (C=O) groups is 2. The average molecular weight is 267 g/mol. The topological polar surface area (TPSA) is 77.8 Å². The Hall–Kier alpha value is -1.69. The van der Waals surface area contributed by atoms with Crippen molar-refractivity contribution in [2.24, 2.45) is 0 Å². The third kappa shape index (κ3) is 2.59. The first-order chi connectivity index (χ1) is 8.59. The average Bonchev–Trinajstić information content (AvgIpc) is 2.39. The van der Waals surface area contributed by atoms with E-state index in [-0.39, 0.29) is 11.7 Å². The molecule has 2 rings (SSSR count). The fourth-order valence-corrected chi connectivity index (χ4v) is 2.86. The highest BCUT2D eigenvalue weighted by Crippen LogP contribution is 2.20. The Labute approximate surface area is 108 Å². The molecule has 2 N–H and O–H groups in total. The van der Waals surface area contributed by atoms with Crippen LogP contribution >= 0.6 is 11.8 Å². The molecule has 6 heteroatoms. The smallest absolute Gasteiger partial charge is 0.327 e. The van der Waals surface area contributed by atoms with Gasteiger partial charge in [0.1, 0.15) is 11.8 Å². The van der Waals surface area contributed by atoms with E-state index in [2.05, 4.69) is 0 Å². The van der Waals surface area contributed by atoms with Gasteiger partial charge in [-0.3, -0.25) is 4.79 Å². The molecule has 1 atom stereocenters. The van der Waals surface area contributed by atoms with E-state index in [9.17, 15) is 9.59 Å². The molecule has 1 aliphatic rings. The van der Waals surface area contributed by atoms with Crippen molar-refractivity contribution in [3.63, 3.8) is 0 Å². The molecule has 0 spiro atoms. The second-order valence-electron chi connectivity index (χ2n) is 3.97. The summed E-state index contributed by atoms with van der Waals surface area (Å²) in [5, 5.41) is 18.3. The molecule has 1 unspecified atom stereocenters. The fraction of sp³-hybridized carbons (Fsp3) is 0.333. The maximum absolute atomic E-state index is 12.2. The van der Waals surface area contributed by atoms with Crippen LogP contribution in [0.3, 0.4) is 0 Å². The molecule has 1 aromatic rings. The van der Waals surface area contributed by atoms with Crippen LogP contribution in [-0.2, 0) is 4.79 Å². The van der Waals surface area contributed by atoms with Crippen LogP contribution in [0.4, 0.5) is 0 Å². The number of phenols is 1. The van der Waals surface area contributed by atoms with Crippen molar-refractivity contribution in [3.05, 3.63) is 29.8 Å². The number of amides is 1. The zero-order chi connectivity index (χ0) is 13.1. The monoisotopic (exact) mass is 267 g/mol. The summed E-state index contributed by atoms with van der Waals surface area (Å²) in [6.07, 6.45) is 0. The van der Waals surface area contributed by atoms with Gasteiger partial charge in [-0.2, -0.15) is 11.8 Å². The van der Waals surface area contributed by atoms with Crippen LogP contribution in [0.1, 0.15) is 10.4 Å². The van der Waals surface area contributed by atoms with Crippen LogP contribution in [0.25, 0.3) is 0 Å². The Balaban J connectivity index is 2.20. The molecule has 1 saturated heterocycles. The molecular weight excluding hydrogens is 254 g/mol. The van der Waals surface area contributed by atoms with Gasteiger partial charge in [0.15, 0.2) is 0 Å². The van der Waals surface area contributed by atoms with E-state index in [0.717, 1.165) is 5.75 Å². The molecule has 0 aliphatic carbocycles. The second kappa shape index (κ2) is 5.30. The van der Waals surface area contributed by atoms with Crippen molar-refractivity contribution >= 4 is 23.6 Å². The van der Waals surface area contributed by atoms with Gasteiger partial charge in [-0.1, -0.05) is 0 Å². The number of aromatic hydroxyl groups is 1. The van der Waals surface area contributed by atoms with Gasteiger partial charge in [0.25, 0.3) is 5.91 Å². The van der Waals surface area contributed by atoms with E-state index in [1.54, 1.807) is 0 Å². The standard InChI is InChI=1S/C12H13NO4S/c14-9-3-1-8(2-4-9)11(15)13-5-6-18-7-10(13)12(16)17/h1-4,10,14H,5-7H2,(H,16,17). The zero-order valence-corrected chi connectivity index (χ0v) is 10.4. The summed E-state index contributed by atoms with van der Waals surface area (Å²) in [5.74, 6) is -0.0418. The molecule has 0 saturated carbocycles. The summed E-state index contributed by atoms with van der Waals surface area (Å²) in [6.45, 7) is 0.432. The number of benzene rings is 1. The molecule has 1 heterocycles. The lowest BCUT2D eigenvalue weighted by atomic mass is 10.1. The van der Waals surface area contributed by atoms with Crippen molar-refractivity contribution in [2.75, 3.05) is 18.1 Å². The van der Waals surface area contributed by atoms with Gasteiger partial charge < -0.3 is 15.1 Å². The lowest BCUT2D eigenvalue weighted by Crippen LogP contribution is -2.50. The largest absolute Gasteiger partial charge is 0.508 e. The van der Waals surface area contributed by atoms with E-state index >= 15 is 0 Å². The fourth-order valence-electron chi connectivity index (χ4n) is 1.82. The van der Waals surface area contributed by atoms with Crippen molar-refractivity contribution in [2.45, 2.75) is 6.04 Å². The van der Waals surface area contributed by atoms with Crippen LogP contribution < -0.4 is 0 Å². The Morgan fingerprint density at radius 3 is 2.56 bits per heavy atom. The van der Waals surface area contributed by atoms with Gasteiger partial charge in [0, 0.05) is 23.6 Å². The zero-order valence-electron chi connectivity index (χ0n) is 9.57. The molecule has 1 aliphatic heterocycles. The second-order valence-corrected chi connectivity index (χ2v) is 5.12. The summed E-state index contributed by atoms with van der Waals surface area (Å²) in [7, 11) is 0. The van der Waals surface area contributed by atoms with Crippen molar-refractivity contribution in [1.29, 1.82) is 0 Å². The molecule has 1 fully saturated rings. The molecule has 0 radical (unpaired) electrons. The van der Waals surface area contributed by atoms with Gasteiger partial charge in [0.2, 0.25) is 0 Å². The number of carboxylic acid groups (broad SMARTS) is 1. The normalized spacial score (nSPS) is 19.6.